The molecule has 3 rings (SSSR count). The number of nitrogens with one attached hydrogen (secondary N) is 1. The zero-order valence-electron chi connectivity index (χ0n) is 22.3. The van der Waals surface area contributed by atoms with Gasteiger partial charge >= 0.3 is 0 Å². The fraction of sp³-hybridized carbons (Fsp3) is 0.286. The number of hydrogen-bond acceptors (Lipinski definition) is 6. The lowest BCUT2D eigenvalue weighted by molar-refractivity contribution is -0.139. The third-order valence-electron chi connectivity index (χ3n) is 6.05. The molecule has 0 aliphatic rings. The molecule has 0 radical (unpaired) electrons. The second-order valence-corrected chi connectivity index (χ2v) is 10.9. The van der Waals surface area contributed by atoms with Crippen molar-refractivity contribution >= 4 is 39.1 Å². The number of nitrogens with zero attached hydrogens (tertiary/aromatic N) is 2. The molecule has 1 atom stereocenters. The van der Waals surface area contributed by atoms with Gasteiger partial charge in [-0.05, 0) is 55.8 Å². The molecule has 0 aliphatic heterocycles. The SMILES string of the molecule is CCNC(=O)[C@H](C)N(Cc1ccc(Cl)cc1)C(=O)CN(c1cc(OC)ccc1OC)S(=O)(=O)c1ccccc1. The topological polar surface area (TPSA) is 105 Å². The molecule has 0 saturated heterocycles. The molecule has 0 aliphatic carbocycles. The van der Waals surface area contributed by atoms with Crippen LogP contribution >= 0.6 is 11.6 Å². The van der Waals surface area contributed by atoms with Crippen LogP contribution in [0.5, 0.6) is 11.5 Å². The van der Waals surface area contributed by atoms with Gasteiger partial charge in [-0.25, -0.2) is 8.42 Å². The summed E-state index contributed by atoms with van der Waals surface area (Å²) in [6.45, 7) is 3.21. The molecular weight excluding hydrogens is 542 g/mol. The molecule has 0 saturated carbocycles. The van der Waals surface area contributed by atoms with E-state index in [0.29, 0.717) is 17.3 Å². The highest BCUT2D eigenvalue weighted by Crippen LogP contribution is 2.36. The molecule has 0 spiro atoms. The van der Waals surface area contributed by atoms with Gasteiger partial charge in [0.2, 0.25) is 11.8 Å². The minimum absolute atomic E-state index is 0.0105. The van der Waals surface area contributed by atoms with E-state index in [1.165, 1.54) is 37.3 Å². The maximum Gasteiger partial charge on any atom is 0.264 e. The highest BCUT2D eigenvalue weighted by molar-refractivity contribution is 7.92. The predicted molar refractivity (Wildman–Crippen MR) is 151 cm³/mol. The standard InChI is InChI=1S/C28H32ClN3O6S/c1-5-30-28(34)20(2)31(18-21-11-13-22(29)14-12-21)27(33)19-32(39(35,36)24-9-7-6-8-10-24)25-17-23(37-3)15-16-26(25)38-4/h6-17,20H,5,18-19H2,1-4H3,(H,30,34)/t20-/m0/s1. The van der Waals surface area contributed by atoms with E-state index in [1.54, 1.807) is 68.4 Å². The average Bonchev–Trinajstić information content (AvgIpc) is 2.95. The van der Waals surface area contributed by atoms with E-state index >= 15 is 0 Å². The number of benzene rings is 3. The van der Waals surface area contributed by atoms with E-state index in [9.17, 15) is 18.0 Å². The Morgan fingerprint density at radius 3 is 2.23 bits per heavy atom. The predicted octanol–water partition coefficient (Wildman–Crippen LogP) is 4.11. The summed E-state index contributed by atoms with van der Waals surface area (Å²) in [6, 6.07) is 18.4. The molecule has 3 aromatic rings. The van der Waals surface area contributed by atoms with Crippen molar-refractivity contribution in [1.29, 1.82) is 0 Å². The van der Waals surface area contributed by atoms with Gasteiger partial charge in [-0.3, -0.25) is 13.9 Å². The molecule has 0 fully saturated rings. The van der Waals surface area contributed by atoms with Crippen LogP contribution in [0.2, 0.25) is 5.02 Å². The number of halogens is 1. The van der Waals surface area contributed by atoms with Crippen LogP contribution < -0.4 is 19.1 Å². The van der Waals surface area contributed by atoms with Crippen LogP contribution in [0.3, 0.4) is 0 Å². The zero-order valence-corrected chi connectivity index (χ0v) is 23.8. The Labute approximate surface area is 234 Å². The zero-order chi connectivity index (χ0) is 28.6. The molecular formula is C28H32ClN3O6S. The number of likely N-dealkylation sites (N-methyl/N-ethyl adjacent to an activating group) is 1. The van der Waals surface area contributed by atoms with Crippen LogP contribution in [-0.4, -0.2) is 58.5 Å². The van der Waals surface area contributed by atoms with Crippen molar-refractivity contribution in [1.82, 2.24) is 10.2 Å². The lowest BCUT2D eigenvalue weighted by Gasteiger charge is -2.32. The van der Waals surface area contributed by atoms with Crippen LogP contribution in [-0.2, 0) is 26.2 Å². The number of rotatable bonds is 12. The molecule has 11 heteroatoms. The van der Waals surface area contributed by atoms with Gasteiger partial charge in [0.15, 0.2) is 0 Å². The minimum atomic E-state index is -4.24. The number of methoxy groups -OCH3 is 2. The normalized spacial score (nSPS) is 11.8. The molecule has 208 valence electrons. The van der Waals surface area contributed by atoms with Crippen molar-refractivity contribution in [2.45, 2.75) is 31.3 Å². The van der Waals surface area contributed by atoms with E-state index < -0.39 is 28.5 Å². The summed E-state index contributed by atoms with van der Waals surface area (Å²) in [4.78, 5) is 28.1. The van der Waals surface area contributed by atoms with Crippen molar-refractivity contribution in [2.24, 2.45) is 0 Å². The fourth-order valence-corrected chi connectivity index (χ4v) is 5.48. The largest absolute Gasteiger partial charge is 0.497 e. The Bertz CT molecular complexity index is 1380. The van der Waals surface area contributed by atoms with Gasteiger partial charge < -0.3 is 19.7 Å². The number of ether oxygens (including phenoxy) is 2. The van der Waals surface area contributed by atoms with Gasteiger partial charge in [-0.2, -0.15) is 0 Å². The van der Waals surface area contributed by atoms with Crippen molar-refractivity contribution in [3.63, 3.8) is 0 Å². The maximum absolute atomic E-state index is 13.9. The summed E-state index contributed by atoms with van der Waals surface area (Å²) >= 11 is 6.02. The molecule has 3 aromatic carbocycles. The number of carbonyl (C=O) groups excluding carboxylic acids is 2. The first-order valence-corrected chi connectivity index (χ1v) is 14.1. The van der Waals surface area contributed by atoms with Crippen LogP contribution in [0.4, 0.5) is 5.69 Å². The van der Waals surface area contributed by atoms with Gasteiger partial charge in [0.05, 0.1) is 24.8 Å². The molecule has 1 N–H and O–H groups in total. The van der Waals surface area contributed by atoms with E-state index in [-0.39, 0.29) is 28.8 Å². The quantitative estimate of drug-likeness (QED) is 0.350. The van der Waals surface area contributed by atoms with E-state index in [4.69, 9.17) is 21.1 Å². The summed E-state index contributed by atoms with van der Waals surface area (Å²) in [5.41, 5.74) is 0.839. The monoisotopic (exact) mass is 573 g/mol. The first-order valence-electron chi connectivity index (χ1n) is 12.2. The van der Waals surface area contributed by atoms with Crippen molar-refractivity contribution < 1.29 is 27.5 Å². The summed E-state index contributed by atoms with van der Waals surface area (Å²) in [6.07, 6.45) is 0. The Morgan fingerprint density at radius 2 is 1.64 bits per heavy atom. The molecule has 0 heterocycles. The van der Waals surface area contributed by atoms with Gasteiger partial charge in [0.25, 0.3) is 10.0 Å². The Morgan fingerprint density at radius 1 is 0.974 bits per heavy atom. The number of carbonyl (C=O) groups is 2. The van der Waals surface area contributed by atoms with Gasteiger partial charge in [-0.1, -0.05) is 41.9 Å². The number of hydrogen-bond donors (Lipinski definition) is 1. The van der Waals surface area contributed by atoms with Gasteiger partial charge in [0.1, 0.15) is 24.1 Å². The second-order valence-electron chi connectivity index (χ2n) is 8.58. The van der Waals surface area contributed by atoms with E-state index in [1.807, 2.05) is 0 Å². The van der Waals surface area contributed by atoms with E-state index in [2.05, 4.69) is 5.32 Å². The molecule has 0 aromatic heterocycles. The summed E-state index contributed by atoms with van der Waals surface area (Å²) < 4.78 is 39.6. The number of sulfonamides is 1. The van der Waals surface area contributed by atoms with E-state index in [0.717, 1.165) is 9.87 Å². The van der Waals surface area contributed by atoms with Gasteiger partial charge in [-0.15, -0.1) is 0 Å². The Kier molecular flexibility index (Phi) is 10.2. The number of amides is 2. The minimum Gasteiger partial charge on any atom is -0.497 e. The molecule has 9 nitrogen and oxygen atoms in total. The van der Waals surface area contributed by atoms with Crippen molar-refractivity contribution in [3.05, 3.63) is 83.4 Å². The molecule has 2 amide bonds. The first kappa shape index (κ1) is 29.8. The van der Waals surface area contributed by atoms with Gasteiger partial charge in [0, 0.05) is 24.2 Å². The third-order valence-corrected chi connectivity index (χ3v) is 8.08. The van der Waals surface area contributed by atoms with Crippen LogP contribution in [0, 0.1) is 0 Å². The maximum atomic E-state index is 13.9. The number of anilines is 1. The summed E-state index contributed by atoms with van der Waals surface area (Å²) in [5, 5.41) is 3.25. The smallest absolute Gasteiger partial charge is 0.264 e. The fourth-order valence-electron chi connectivity index (χ4n) is 3.92. The lowest BCUT2D eigenvalue weighted by Crippen LogP contribution is -2.51. The lowest BCUT2D eigenvalue weighted by atomic mass is 10.1. The Balaban J connectivity index is 2.10. The highest BCUT2D eigenvalue weighted by atomic mass is 35.5. The van der Waals surface area contributed by atoms with Crippen LogP contribution in [0.25, 0.3) is 0 Å². The Hall–Kier alpha value is -3.76. The molecule has 0 bridgehead atoms. The van der Waals surface area contributed by atoms with Crippen LogP contribution in [0.1, 0.15) is 19.4 Å². The first-order chi connectivity index (χ1) is 18.6. The summed E-state index contributed by atoms with van der Waals surface area (Å²) in [7, 11) is -1.38. The molecule has 39 heavy (non-hydrogen) atoms. The van der Waals surface area contributed by atoms with Crippen LogP contribution in [0.15, 0.2) is 77.7 Å². The molecule has 0 unspecified atom stereocenters. The highest BCUT2D eigenvalue weighted by Gasteiger charge is 2.34. The van der Waals surface area contributed by atoms with Crippen molar-refractivity contribution in [2.75, 3.05) is 31.6 Å². The summed E-state index contributed by atoms with van der Waals surface area (Å²) in [5.74, 6) is -0.353. The van der Waals surface area contributed by atoms with Crippen molar-refractivity contribution in [3.8, 4) is 11.5 Å². The third kappa shape index (κ3) is 7.21. The second kappa shape index (κ2) is 13.3. The average molecular weight is 574 g/mol.